The lowest BCUT2D eigenvalue weighted by Crippen LogP contribution is -2.31. The fourth-order valence-corrected chi connectivity index (χ4v) is 4.54. The van der Waals surface area contributed by atoms with Crippen molar-refractivity contribution < 1.29 is 14.7 Å². The molecular weight excluding hydrogens is 454 g/mol. The molecule has 1 aliphatic heterocycles. The van der Waals surface area contributed by atoms with E-state index in [4.69, 9.17) is 5.73 Å². The summed E-state index contributed by atoms with van der Waals surface area (Å²) >= 11 is 0. The molecule has 2 unspecified atom stereocenters. The highest BCUT2D eigenvalue weighted by molar-refractivity contribution is 5.96. The van der Waals surface area contributed by atoms with Gasteiger partial charge in [-0.2, -0.15) is 0 Å². The number of rotatable bonds is 6. The zero-order valence-electron chi connectivity index (χ0n) is 19.7. The van der Waals surface area contributed by atoms with Crippen LogP contribution in [0.5, 0.6) is 0 Å². The van der Waals surface area contributed by atoms with Gasteiger partial charge in [0.2, 0.25) is 0 Å². The van der Waals surface area contributed by atoms with Crippen LogP contribution in [0, 0.1) is 5.92 Å². The van der Waals surface area contributed by atoms with Crippen molar-refractivity contribution >= 4 is 34.2 Å². The van der Waals surface area contributed by atoms with Crippen LogP contribution in [0.2, 0.25) is 0 Å². The predicted octanol–water partition coefficient (Wildman–Crippen LogP) is 3.65. The molecule has 180 valence electrons. The Morgan fingerprint density at radius 2 is 1.92 bits per heavy atom. The molecule has 0 bridgehead atoms. The lowest BCUT2D eigenvalue weighted by molar-refractivity contribution is -0.140. The third kappa shape index (κ3) is 4.79. The summed E-state index contributed by atoms with van der Waals surface area (Å²) in [6.07, 6.45) is 11.2. The minimum absolute atomic E-state index is 0.215. The number of dihydropyridines is 1. The molecule has 0 fully saturated rings. The standard InChI is InChI=1S/C28H25N5O3/c1-16-2-4-20-11-18(13-24(28(35)36)25(20)33-16)12-22-14-21(7-8-30-22)27(34)32-15-17-3-5-23-19(10-17)6-9-31-26(23)29/h2-11,13-14,24-25H,12,15H2,1H3,(H2,29,31)(H,32,34)(H,35,36). The van der Waals surface area contributed by atoms with Crippen LogP contribution >= 0.6 is 0 Å². The number of hydrogen-bond acceptors (Lipinski definition) is 6. The number of amides is 1. The second-order valence-corrected chi connectivity index (χ2v) is 8.95. The highest BCUT2D eigenvalue weighted by atomic mass is 16.4. The smallest absolute Gasteiger partial charge is 0.312 e. The fourth-order valence-electron chi connectivity index (χ4n) is 4.54. The molecule has 5 rings (SSSR count). The number of aliphatic carboxylic acids is 1. The number of carboxylic acids is 1. The Bertz CT molecular complexity index is 1500. The van der Waals surface area contributed by atoms with E-state index in [0.717, 1.165) is 33.2 Å². The number of nitrogens with zero attached hydrogens (tertiary/aromatic N) is 3. The molecule has 1 aliphatic carbocycles. The first-order chi connectivity index (χ1) is 17.4. The molecule has 4 N–H and O–H groups in total. The molecule has 2 atom stereocenters. The van der Waals surface area contributed by atoms with Crippen LogP contribution in [-0.4, -0.2) is 38.7 Å². The fraction of sp³-hybridized carbons (Fsp3) is 0.179. The number of aliphatic imine (C=N–C) groups is 1. The largest absolute Gasteiger partial charge is 0.481 e. The lowest BCUT2D eigenvalue weighted by Gasteiger charge is -2.27. The van der Waals surface area contributed by atoms with E-state index in [-0.39, 0.29) is 5.91 Å². The van der Waals surface area contributed by atoms with E-state index in [0.29, 0.717) is 30.0 Å². The minimum Gasteiger partial charge on any atom is -0.481 e. The van der Waals surface area contributed by atoms with Crippen molar-refractivity contribution in [3.8, 4) is 0 Å². The highest BCUT2D eigenvalue weighted by Crippen LogP contribution is 2.31. The van der Waals surface area contributed by atoms with Gasteiger partial charge in [-0.3, -0.25) is 19.6 Å². The van der Waals surface area contributed by atoms with Gasteiger partial charge < -0.3 is 16.2 Å². The van der Waals surface area contributed by atoms with Crippen molar-refractivity contribution in [1.29, 1.82) is 0 Å². The van der Waals surface area contributed by atoms with E-state index >= 15 is 0 Å². The molecule has 0 spiro atoms. The molecule has 2 aliphatic rings. The number of pyridine rings is 2. The molecular formula is C28H25N5O3. The van der Waals surface area contributed by atoms with Gasteiger partial charge >= 0.3 is 5.97 Å². The average Bonchev–Trinajstić information content (AvgIpc) is 2.87. The Kier molecular flexibility index (Phi) is 6.16. The number of allylic oxidation sites excluding steroid dienone is 3. The predicted molar refractivity (Wildman–Crippen MR) is 139 cm³/mol. The summed E-state index contributed by atoms with van der Waals surface area (Å²) in [4.78, 5) is 37.7. The molecule has 0 saturated heterocycles. The molecule has 0 radical (unpaired) electrons. The number of anilines is 1. The van der Waals surface area contributed by atoms with E-state index in [1.165, 1.54) is 0 Å². The number of benzene rings is 1. The Hall–Kier alpha value is -4.59. The Balaban J connectivity index is 1.29. The molecule has 8 nitrogen and oxygen atoms in total. The number of nitrogen functional groups attached to an aromatic ring is 1. The van der Waals surface area contributed by atoms with Crippen LogP contribution in [0.4, 0.5) is 5.82 Å². The summed E-state index contributed by atoms with van der Waals surface area (Å²) in [7, 11) is 0. The zero-order chi connectivity index (χ0) is 25.2. The molecule has 3 heterocycles. The summed E-state index contributed by atoms with van der Waals surface area (Å²) in [5.41, 5.74) is 10.5. The summed E-state index contributed by atoms with van der Waals surface area (Å²) in [6, 6.07) is 10.7. The Morgan fingerprint density at radius 1 is 1.08 bits per heavy atom. The maximum absolute atomic E-state index is 12.8. The minimum atomic E-state index is -0.913. The molecule has 8 heteroatoms. The molecule has 0 saturated carbocycles. The van der Waals surface area contributed by atoms with Gasteiger partial charge in [-0.25, -0.2) is 4.98 Å². The first-order valence-electron chi connectivity index (χ1n) is 11.6. The molecule has 1 amide bonds. The van der Waals surface area contributed by atoms with Crippen molar-refractivity contribution in [3.63, 3.8) is 0 Å². The number of carbonyl (C=O) groups excluding carboxylic acids is 1. The van der Waals surface area contributed by atoms with Crippen LogP contribution < -0.4 is 11.1 Å². The van der Waals surface area contributed by atoms with Crippen molar-refractivity contribution in [3.05, 3.63) is 101 Å². The Labute approximate surface area is 208 Å². The Morgan fingerprint density at radius 3 is 2.75 bits per heavy atom. The number of nitrogens with one attached hydrogen (secondary N) is 1. The summed E-state index contributed by atoms with van der Waals surface area (Å²) in [5, 5.41) is 14.5. The number of hydrogen-bond donors (Lipinski definition) is 3. The van der Waals surface area contributed by atoms with Gasteiger partial charge in [0.05, 0.1) is 6.04 Å². The van der Waals surface area contributed by atoms with Crippen LogP contribution in [0.3, 0.4) is 0 Å². The van der Waals surface area contributed by atoms with E-state index in [1.807, 2.05) is 49.4 Å². The summed E-state index contributed by atoms with van der Waals surface area (Å²) in [6.45, 7) is 2.22. The SMILES string of the molecule is CC1=NC2C(=CC(Cc3cc(C(=O)NCc4ccc5c(N)nccc5c4)ccn3)=CC2C(=O)O)C=C1. The van der Waals surface area contributed by atoms with Crippen molar-refractivity contribution in [2.45, 2.75) is 25.9 Å². The third-order valence-electron chi connectivity index (χ3n) is 6.35. The number of nitrogens with two attached hydrogens (primary N) is 1. The van der Waals surface area contributed by atoms with Gasteiger partial charge in [0, 0.05) is 47.7 Å². The number of carboxylic acid groups (broad SMARTS) is 1. The topological polar surface area (TPSA) is 131 Å². The first-order valence-corrected chi connectivity index (χ1v) is 11.6. The molecule has 1 aromatic carbocycles. The second kappa shape index (κ2) is 9.58. The number of aromatic nitrogens is 2. The van der Waals surface area contributed by atoms with Crippen LogP contribution in [-0.2, 0) is 17.8 Å². The van der Waals surface area contributed by atoms with Gasteiger partial charge in [-0.05, 0) is 59.4 Å². The molecule has 36 heavy (non-hydrogen) atoms. The summed E-state index contributed by atoms with van der Waals surface area (Å²) in [5.74, 6) is -1.39. The van der Waals surface area contributed by atoms with E-state index in [9.17, 15) is 14.7 Å². The van der Waals surface area contributed by atoms with Crippen LogP contribution in [0.15, 0.2) is 89.2 Å². The average molecular weight is 480 g/mol. The normalized spacial score (nSPS) is 18.6. The third-order valence-corrected chi connectivity index (χ3v) is 6.35. The van der Waals surface area contributed by atoms with Gasteiger partial charge in [-0.1, -0.05) is 30.4 Å². The van der Waals surface area contributed by atoms with Gasteiger partial charge in [-0.15, -0.1) is 0 Å². The molecule has 3 aromatic rings. The van der Waals surface area contributed by atoms with Crippen LogP contribution in [0.25, 0.3) is 10.8 Å². The second-order valence-electron chi connectivity index (χ2n) is 8.95. The summed E-state index contributed by atoms with van der Waals surface area (Å²) < 4.78 is 0. The zero-order valence-corrected chi connectivity index (χ0v) is 19.7. The number of fused-ring (bicyclic) bond motifs is 2. The van der Waals surface area contributed by atoms with Gasteiger partial charge in [0.15, 0.2) is 0 Å². The number of carbonyl (C=O) groups is 2. The first kappa shape index (κ1) is 23.2. The quantitative estimate of drug-likeness (QED) is 0.495. The van der Waals surface area contributed by atoms with Gasteiger partial charge in [0.25, 0.3) is 5.91 Å². The van der Waals surface area contributed by atoms with Crippen LogP contribution in [0.1, 0.15) is 28.5 Å². The van der Waals surface area contributed by atoms with Crippen molar-refractivity contribution in [2.75, 3.05) is 5.73 Å². The van der Waals surface area contributed by atoms with E-state index < -0.39 is 17.9 Å². The maximum atomic E-state index is 12.8. The molecule has 2 aromatic heterocycles. The van der Waals surface area contributed by atoms with Crippen molar-refractivity contribution in [2.24, 2.45) is 10.9 Å². The van der Waals surface area contributed by atoms with Crippen molar-refractivity contribution in [1.82, 2.24) is 15.3 Å². The van der Waals surface area contributed by atoms with Gasteiger partial charge in [0.1, 0.15) is 11.7 Å². The maximum Gasteiger partial charge on any atom is 0.312 e. The monoisotopic (exact) mass is 479 g/mol. The lowest BCUT2D eigenvalue weighted by atomic mass is 9.83. The van der Waals surface area contributed by atoms with E-state index in [1.54, 1.807) is 30.6 Å². The highest BCUT2D eigenvalue weighted by Gasteiger charge is 2.32. The van der Waals surface area contributed by atoms with E-state index in [2.05, 4.69) is 20.3 Å².